The SMILES string of the molecule is CNC(=O)C(=O)N/N=C\c1ccccc1OCC(=O)Nc1ccc(Br)cc1C. The van der Waals surface area contributed by atoms with Crippen molar-refractivity contribution < 1.29 is 19.1 Å². The molecule has 0 spiro atoms. The number of nitrogens with zero attached hydrogens (tertiary/aromatic N) is 1. The zero-order valence-electron chi connectivity index (χ0n) is 15.3. The molecule has 0 atom stereocenters. The molecule has 3 amide bonds. The fourth-order valence-electron chi connectivity index (χ4n) is 2.14. The first-order chi connectivity index (χ1) is 13.4. The van der Waals surface area contributed by atoms with Crippen molar-refractivity contribution >= 4 is 45.6 Å². The summed E-state index contributed by atoms with van der Waals surface area (Å²) in [4.78, 5) is 34.6. The van der Waals surface area contributed by atoms with Crippen LogP contribution in [0.5, 0.6) is 5.75 Å². The zero-order chi connectivity index (χ0) is 20.5. The first kappa shape index (κ1) is 21.1. The van der Waals surface area contributed by atoms with Gasteiger partial charge < -0.3 is 15.4 Å². The van der Waals surface area contributed by atoms with E-state index >= 15 is 0 Å². The highest BCUT2D eigenvalue weighted by Gasteiger charge is 2.10. The molecule has 0 aliphatic rings. The van der Waals surface area contributed by atoms with Crippen LogP contribution in [0.15, 0.2) is 52.0 Å². The molecular formula is C19H19BrN4O4. The van der Waals surface area contributed by atoms with Crippen LogP contribution in [-0.4, -0.2) is 37.6 Å². The number of para-hydroxylation sites is 1. The number of carbonyl (C=O) groups excluding carboxylic acids is 3. The number of ether oxygens (including phenoxy) is 1. The molecule has 0 radical (unpaired) electrons. The maximum Gasteiger partial charge on any atom is 0.329 e. The van der Waals surface area contributed by atoms with Crippen molar-refractivity contribution in [3.05, 3.63) is 58.1 Å². The van der Waals surface area contributed by atoms with Crippen molar-refractivity contribution in [2.75, 3.05) is 19.0 Å². The van der Waals surface area contributed by atoms with Gasteiger partial charge >= 0.3 is 11.8 Å². The summed E-state index contributed by atoms with van der Waals surface area (Å²) in [6.45, 7) is 1.69. The molecule has 0 bridgehead atoms. The Kier molecular flexibility index (Phi) is 7.70. The molecule has 0 aliphatic heterocycles. The second-order valence-corrected chi connectivity index (χ2v) is 6.53. The van der Waals surface area contributed by atoms with E-state index in [0.29, 0.717) is 17.0 Å². The van der Waals surface area contributed by atoms with Crippen molar-refractivity contribution in [3.63, 3.8) is 0 Å². The lowest BCUT2D eigenvalue weighted by molar-refractivity contribution is -0.138. The molecular weight excluding hydrogens is 428 g/mol. The maximum absolute atomic E-state index is 12.2. The number of likely N-dealkylation sites (N-methyl/N-ethyl adjacent to an activating group) is 1. The van der Waals surface area contributed by atoms with Gasteiger partial charge in [-0.3, -0.25) is 14.4 Å². The topological polar surface area (TPSA) is 109 Å². The standard InChI is InChI=1S/C19H19BrN4O4/c1-12-9-14(20)7-8-15(12)23-17(25)11-28-16-6-4-3-5-13(16)10-22-24-19(27)18(26)21-2/h3-10H,11H2,1-2H3,(H,21,26)(H,23,25)(H,24,27)/b22-10-. The lowest BCUT2D eigenvalue weighted by Crippen LogP contribution is -2.35. The molecule has 8 nitrogen and oxygen atoms in total. The Labute approximate surface area is 170 Å². The molecule has 2 rings (SSSR count). The quantitative estimate of drug-likeness (QED) is 0.358. The second-order valence-electron chi connectivity index (χ2n) is 5.61. The molecule has 0 aromatic heterocycles. The van der Waals surface area contributed by atoms with Gasteiger partial charge in [0.25, 0.3) is 5.91 Å². The largest absolute Gasteiger partial charge is 0.483 e. The molecule has 3 N–H and O–H groups in total. The van der Waals surface area contributed by atoms with E-state index in [-0.39, 0.29) is 12.5 Å². The van der Waals surface area contributed by atoms with Crippen molar-refractivity contribution in [1.29, 1.82) is 0 Å². The summed E-state index contributed by atoms with van der Waals surface area (Å²) in [6, 6.07) is 12.4. The first-order valence-corrected chi connectivity index (χ1v) is 9.03. The molecule has 0 fully saturated rings. The number of nitrogens with one attached hydrogen (secondary N) is 3. The fraction of sp³-hybridized carbons (Fsp3) is 0.158. The molecule has 0 saturated carbocycles. The highest BCUT2D eigenvalue weighted by molar-refractivity contribution is 9.10. The van der Waals surface area contributed by atoms with Crippen molar-refractivity contribution in [2.24, 2.45) is 5.10 Å². The van der Waals surface area contributed by atoms with Crippen molar-refractivity contribution in [1.82, 2.24) is 10.7 Å². The molecule has 0 aliphatic carbocycles. The Morgan fingerprint density at radius 2 is 1.89 bits per heavy atom. The summed E-state index contributed by atoms with van der Waals surface area (Å²) in [5, 5.41) is 8.69. The molecule has 2 aromatic carbocycles. The Bertz CT molecular complexity index is 915. The minimum absolute atomic E-state index is 0.203. The van der Waals surface area contributed by atoms with E-state index in [1.807, 2.05) is 19.1 Å². The molecule has 2 aromatic rings. The van der Waals surface area contributed by atoms with E-state index in [2.05, 4.69) is 37.1 Å². The summed E-state index contributed by atoms with van der Waals surface area (Å²) in [5.41, 5.74) is 4.25. The van der Waals surface area contributed by atoms with Gasteiger partial charge in [0.1, 0.15) is 5.75 Å². The predicted molar refractivity (Wildman–Crippen MR) is 109 cm³/mol. The smallest absolute Gasteiger partial charge is 0.329 e. The first-order valence-electron chi connectivity index (χ1n) is 8.23. The molecule has 0 unspecified atom stereocenters. The van der Waals surface area contributed by atoms with Gasteiger partial charge in [-0.1, -0.05) is 28.1 Å². The maximum atomic E-state index is 12.2. The number of rotatable bonds is 6. The zero-order valence-corrected chi connectivity index (χ0v) is 16.9. The minimum Gasteiger partial charge on any atom is -0.483 e. The summed E-state index contributed by atoms with van der Waals surface area (Å²) in [6.07, 6.45) is 1.33. The number of hydrogen-bond donors (Lipinski definition) is 3. The van der Waals surface area contributed by atoms with E-state index in [1.165, 1.54) is 13.3 Å². The van der Waals surface area contributed by atoms with Crippen LogP contribution >= 0.6 is 15.9 Å². The van der Waals surface area contributed by atoms with Crippen LogP contribution in [0.2, 0.25) is 0 Å². The number of aryl methyl sites for hydroxylation is 1. The van der Waals surface area contributed by atoms with Crippen molar-refractivity contribution in [3.8, 4) is 5.75 Å². The number of hydrazone groups is 1. The molecule has 9 heteroatoms. The normalized spacial score (nSPS) is 10.4. The van der Waals surface area contributed by atoms with E-state index in [0.717, 1.165) is 10.0 Å². The molecule has 28 heavy (non-hydrogen) atoms. The Morgan fingerprint density at radius 3 is 2.61 bits per heavy atom. The number of amides is 3. The third-order valence-electron chi connectivity index (χ3n) is 3.54. The van der Waals surface area contributed by atoms with E-state index in [9.17, 15) is 14.4 Å². The third-order valence-corrected chi connectivity index (χ3v) is 4.04. The van der Waals surface area contributed by atoms with Gasteiger partial charge in [0.05, 0.1) is 6.21 Å². The highest BCUT2D eigenvalue weighted by Crippen LogP contribution is 2.20. The minimum atomic E-state index is -0.888. The Morgan fingerprint density at radius 1 is 1.14 bits per heavy atom. The van der Waals surface area contributed by atoms with Gasteiger partial charge in [-0.2, -0.15) is 5.10 Å². The van der Waals surface area contributed by atoms with E-state index in [1.54, 1.807) is 30.3 Å². The third kappa shape index (κ3) is 6.20. The lowest BCUT2D eigenvalue weighted by atomic mass is 10.2. The van der Waals surface area contributed by atoms with Gasteiger partial charge in [-0.15, -0.1) is 0 Å². The van der Waals surface area contributed by atoms with Gasteiger partial charge in [-0.25, -0.2) is 5.43 Å². The van der Waals surface area contributed by atoms with Gasteiger partial charge in [0.15, 0.2) is 6.61 Å². The van der Waals surface area contributed by atoms with Gasteiger partial charge in [0, 0.05) is 22.8 Å². The number of carbonyl (C=O) groups is 3. The number of hydrogen-bond acceptors (Lipinski definition) is 5. The summed E-state index contributed by atoms with van der Waals surface area (Å²) >= 11 is 3.38. The number of anilines is 1. The average molecular weight is 447 g/mol. The molecule has 146 valence electrons. The van der Waals surface area contributed by atoms with Gasteiger partial charge in [0.2, 0.25) is 0 Å². The van der Waals surface area contributed by atoms with Gasteiger partial charge in [-0.05, 0) is 42.8 Å². The summed E-state index contributed by atoms with van der Waals surface area (Å²) < 4.78 is 6.48. The second kappa shape index (κ2) is 10.2. The fourth-order valence-corrected chi connectivity index (χ4v) is 2.62. The molecule has 0 heterocycles. The van der Waals surface area contributed by atoms with Crippen LogP contribution in [0.1, 0.15) is 11.1 Å². The monoisotopic (exact) mass is 446 g/mol. The number of halogens is 1. The molecule has 0 saturated heterocycles. The van der Waals surface area contributed by atoms with Crippen LogP contribution in [0.25, 0.3) is 0 Å². The predicted octanol–water partition coefficient (Wildman–Crippen LogP) is 1.97. The van der Waals surface area contributed by atoms with Crippen LogP contribution in [0, 0.1) is 6.92 Å². The Balaban J connectivity index is 1.96. The van der Waals surface area contributed by atoms with Crippen LogP contribution in [0.4, 0.5) is 5.69 Å². The average Bonchev–Trinajstić information content (AvgIpc) is 2.68. The Hall–Kier alpha value is -3.20. The van der Waals surface area contributed by atoms with E-state index < -0.39 is 11.8 Å². The summed E-state index contributed by atoms with van der Waals surface area (Å²) in [5.74, 6) is -1.60. The summed E-state index contributed by atoms with van der Waals surface area (Å²) in [7, 11) is 1.34. The van der Waals surface area contributed by atoms with Crippen molar-refractivity contribution in [2.45, 2.75) is 6.92 Å². The highest BCUT2D eigenvalue weighted by atomic mass is 79.9. The van der Waals surface area contributed by atoms with E-state index in [4.69, 9.17) is 4.74 Å². The van der Waals surface area contributed by atoms with Crippen LogP contribution in [0.3, 0.4) is 0 Å². The number of benzene rings is 2. The lowest BCUT2D eigenvalue weighted by Gasteiger charge is -2.11. The van der Waals surface area contributed by atoms with Crippen LogP contribution < -0.4 is 20.8 Å². The van der Waals surface area contributed by atoms with Crippen LogP contribution in [-0.2, 0) is 14.4 Å².